The van der Waals surface area contributed by atoms with E-state index in [1.807, 2.05) is 0 Å². The molecule has 0 aliphatic heterocycles. The molecule has 0 bridgehead atoms. The van der Waals surface area contributed by atoms with Crippen LogP contribution >= 0.6 is 0 Å². The summed E-state index contributed by atoms with van der Waals surface area (Å²) in [5.41, 5.74) is 0. The lowest BCUT2D eigenvalue weighted by atomic mass is 10.9. The van der Waals surface area contributed by atoms with E-state index in [1.54, 1.807) is 21.0 Å². The number of rotatable bonds is 0. The molecule has 0 spiro atoms. The molecule has 0 rings (SSSR count). The Hall–Kier alpha value is -1.01. The van der Waals surface area contributed by atoms with E-state index in [4.69, 9.17) is 10.1 Å². The highest BCUT2D eigenvalue weighted by molar-refractivity contribution is 5.46. The summed E-state index contributed by atoms with van der Waals surface area (Å²) in [4.78, 5) is 8.56. The third-order valence-electron chi connectivity index (χ3n) is 0.364. The smallest absolute Gasteiger partial charge is 0.147 e. The minimum absolute atomic E-state index is 0.750. The van der Waals surface area contributed by atoms with Gasteiger partial charge in [0.1, 0.15) is 13.3 Å². The Labute approximate surface area is 72.6 Å². The van der Waals surface area contributed by atoms with Crippen LogP contribution in [0.25, 0.3) is 0 Å². The molecule has 74 valence electrons. The molecule has 0 aliphatic rings. The monoisotopic (exact) mass is 179 g/mol. The van der Waals surface area contributed by atoms with Crippen LogP contribution in [0.3, 0.4) is 0 Å². The fourth-order valence-corrected chi connectivity index (χ4v) is 0. The van der Waals surface area contributed by atoms with Gasteiger partial charge >= 0.3 is 0 Å². The molecule has 1 N–H and O–H groups in total. The van der Waals surface area contributed by atoms with Gasteiger partial charge in [0.15, 0.2) is 0 Å². The Kier molecular flexibility index (Phi) is 23.7. The second-order valence-electron chi connectivity index (χ2n) is 1.83. The first-order valence-electron chi connectivity index (χ1n) is 3.19. The summed E-state index contributed by atoms with van der Waals surface area (Å²) >= 11 is 0. The fourth-order valence-electron chi connectivity index (χ4n) is 0. The molecule has 6 heteroatoms. The molecule has 0 atom stereocenters. The lowest BCUT2D eigenvalue weighted by Crippen LogP contribution is -2.01. The van der Waals surface area contributed by atoms with Crippen molar-refractivity contribution < 1.29 is 9.95 Å². The summed E-state index contributed by atoms with van der Waals surface area (Å²) in [7, 11) is 5.75. The minimum Gasteiger partial charge on any atom is -0.624 e. The van der Waals surface area contributed by atoms with Crippen molar-refractivity contribution in [2.75, 3.05) is 28.2 Å². The molecule has 6 nitrogen and oxygen atoms in total. The average molecular weight is 179 g/mol. The van der Waals surface area contributed by atoms with Crippen molar-refractivity contribution in [1.29, 1.82) is 0 Å². The van der Waals surface area contributed by atoms with Crippen molar-refractivity contribution in [3.05, 3.63) is 10.1 Å². The Bertz CT molecular complexity index is 108. The standard InChI is InChI=1S/C3H7NO.C2H7NO.CH3NO/c1-3-4(2)5;1-3(2)4;1-2-3/h3H,1-2H3;4H,1-2H3;1H3/b4-3+;;. The topological polar surface area (TPSA) is 79.0 Å². The molecule has 0 fully saturated rings. The van der Waals surface area contributed by atoms with Crippen LogP contribution in [0.15, 0.2) is 5.18 Å². The first-order chi connectivity index (χ1) is 5.42. The first-order valence-corrected chi connectivity index (χ1v) is 3.19. The zero-order chi connectivity index (χ0) is 10.6. The second kappa shape index (κ2) is 16.5. The molecule has 0 aromatic carbocycles. The summed E-state index contributed by atoms with van der Waals surface area (Å²) < 4.78 is 0.750. The largest absolute Gasteiger partial charge is 0.624 e. The molecule has 0 aromatic rings. The molecule has 0 amide bonds. The van der Waals surface area contributed by atoms with Crippen LogP contribution in [0.5, 0.6) is 0 Å². The molecular formula is C6H17N3O3. The van der Waals surface area contributed by atoms with E-state index in [0.29, 0.717) is 0 Å². The van der Waals surface area contributed by atoms with Crippen molar-refractivity contribution in [3.8, 4) is 0 Å². The minimum atomic E-state index is 0.750. The van der Waals surface area contributed by atoms with Crippen LogP contribution in [0.2, 0.25) is 0 Å². The zero-order valence-electron chi connectivity index (χ0n) is 8.18. The van der Waals surface area contributed by atoms with Crippen LogP contribution in [-0.2, 0) is 0 Å². The third-order valence-corrected chi connectivity index (χ3v) is 0.364. The molecule has 0 heterocycles. The van der Waals surface area contributed by atoms with Gasteiger partial charge in [-0.3, -0.25) is 0 Å². The van der Waals surface area contributed by atoms with Crippen molar-refractivity contribution in [1.82, 2.24) is 5.06 Å². The van der Waals surface area contributed by atoms with Gasteiger partial charge in [0.25, 0.3) is 0 Å². The maximum Gasteiger partial charge on any atom is 0.147 e. The lowest BCUT2D eigenvalue weighted by Gasteiger charge is -1.89. The normalized spacial score (nSPS) is 9.08. The zero-order valence-corrected chi connectivity index (χ0v) is 8.18. The maximum absolute atomic E-state index is 9.67. The molecule has 0 saturated heterocycles. The number of hydroxylamine groups is 3. The SMILES string of the molecule is C/C=[N+](\C)[O-].CN(C)O.CN=O. The lowest BCUT2D eigenvalue weighted by molar-refractivity contribution is -0.417. The summed E-state index contributed by atoms with van der Waals surface area (Å²) in [6, 6.07) is 0. The van der Waals surface area contributed by atoms with Gasteiger partial charge in [0.05, 0.1) is 7.05 Å². The van der Waals surface area contributed by atoms with E-state index in [-0.39, 0.29) is 0 Å². The van der Waals surface area contributed by atoms with Crippen LogP contribution in [0.4, 0.5) is 0 Å². The predicted molar refractivity (Wildman–Crippen MR) is 48.5 cm³/mol. The predicted octanol–water partition coefficient (Wildman–Crippen LogP) is 0.537. The summed E-state index contributed by atoms with van der Waals surface area (Å²) in [5.74, 6) is 0. The van der Waals surface area contributed by atoms with Crippen LogP contribution in [0.1, 0.15) is 6.92 Å². The molecule has 0 aromatic heterocycles. The molecule has 0 saturated carbocycles. The van der Waals surface area contributed by atoms with Crippen LogP contribution in [0, 0.1) is 10.1 Å². The van der Waals surface area contributed by atoms with Crippen LogP contribution in [-0.4, -0.2) is 49.4 Å². The Morgan fingerprint density at radius 2 is 1.67 bits per heavy atom. The Morgan fingerprint density at radius 3 is 1.67 bits per heavy atom. The highest BCUT2D eigenvalue weighted by atomic mass is 16.5. The second-order valence-corrected chi connectivity index (χ2v) is 1.83. The van der Waals surface area contributed by atoms with Gasteiger partial charge in [-0.25, -0.2) is 4.74 Å². The first kappa shape index (κ1) is 17.2. The van der Waals surface area contributed by atoms with E-state index in [0.717, 1.165) is 9.80 Å². The quantitative estimate of drug-likeness (QED) is 0.193. The van der Waals surface area contributed by atoms with Gasteiger partial charge in [0, 0.05) is 21.0 Å². The van der Waals surface area contributed by atoms with Crippen molar-refractivity contribution >= 4 is 6.21 Å². The molecule has 0 aliphatic carbocycles. The van der Waals surface area contributed by atoms with Gasteiger partial charge in [-0.05, 0) is 0 Å². The maximum atomic E-state index is 9.67. The third kappa shape index (κ3) is 586. The highest BCUT2D eigenvalue weighted by Crippen LogP contribution is 1.47. The molecule has 12 heavy (non-hydrogen) atoms. The highest BCUT2D eigenvalue weighted by Gasteiger charge is 1.59. The van der Waals surface area contributed by atoms with Crippen molar-refractivity contribution in [3.63, 3.8) is 0 Å². The summed E-state index contributed by atoms with van der Waals surface area (Å²) in [6.45, 7) is 1.69. The van der Waals surface area contributed by atoms with E-state index in [2.05, 4.69) is 5.18 Å². The van der Waals surface area contributed by atoms with Gasteiger partial charge in [0.2, 0.25) is 0 Å². The van der Waals surface area contributed by atoms with Gasteiger partial charge < -0.3 is 10.4 Å². The van der Waals surface area contributed by atoms with Crippen LogP contribution < -0.4 is 0 Å². The van der Waals surface area contributed by atoms with E-state index in [9.17, 15) is 5.21 Å². The molecule has 0 radical (unpaired) electrons. The Morgan fingerprint density at radius 1 is 1.58 bits per heavy atom. The van der Waals surface area contributed by atoms with E-state index < -0.39 is 0 Å². The summed E-state index contributed by atoms with van der Waals surface area (Å²) in [6.07, 6.45) is 1.44. The van der Waals surface area contributed by atoms with E-state index in [1.165, 1.54) is 20.3 Å². The molecular weight excluding hydrogens is 162 g/mol. The van der Waals surface area contributed by atoms with Gasteiger partial charge in [-0.15, -0.1) is 0 Å². The molecule has 0 unspecified atom stereocenters. The Balaban J connectivity index is -0.000000105. The van der Waals surface area contributed by atoms with Gasteiger partial charge in [-0.1, -0.05) is 5.18 Å². The number of nitrogens with zero attached hydrogens (tertiary/aromatic N) is 3. The number of hydrogen-bond acceptors (Lipinski definition) is 5. The van der Waals surface area contributed by atoms with Crippen molar-refractivity contribution in [2.24, 2.45) is 5.18 Å². The number of nitroso groups, excluding NO2 is 1. The number of hydrogen-bond donors (Lipinski definition) is 1. The fraction of sp³-hybridized carbons (Fsp3) is 0.833. The average Bonchev–Trinajstić information content (AvgIpc) is 1.88. The van der Waals surface area contributed by atoms with E-state index >= 15 is 0 Å². The van der Waals surface area contributed by atoms with Gasteiger partial charge in [-0.2, -0.15) is 9.97 Å². The summed E-state index contributed by atoms with van der Waals surface area (Å²) in [5, 5.41) is 20.8. The van der Waals surface area contributed by atoms with Crippen molar-refractivity contribution in [2.45, 2.75) is 6.92 Å².